The van der Waals surface area contributed by atoms with Gasteiger partial charge >= 0.3 is 0 Å². The second-order valence-electron chi connectivity index (χ2n) is 15.9. The molecule has 3 heterocycles. The van der Waals surface area contributed by atoms with Gasteiger partial charge in [0.05, 0.1) is 49.3 Å². The Morgan fingerprint density at radius 2 is 1.14 bits per heavy atom. The molecule has 10 heteroatoms. The zero-order valence-corrected chi connectivity index (χ0v) is 29.5. The van der Waals surface area contributed by atoms with E-state index in [0.29, 0.717) is 25.9 Å². The summed E-state index contributed by atoms with van der Waals surface area (Å²) in [6.07, 6.45) is 2.87. The summed E-state index contributed by atoms with van der Waals surface area (Å²) < 4.78 is 44.5. The van der Waals surface area contributed by atoms with E-state index >= 15 is 0 Å². The summed E-state index contributed by atoms with van der Waals surface area (Å²) in [6, 6.07) is 0. The molecular formula is C32H62O9Si. The van der Waals surface area contributed by atoms with E-state index in [2.05, 4.69) is 40.8 Å². The zero-order valence-electron chi connectivity index (χ0n) is 28.5. The smallest absolute Gasteiger partial charge is 0.191 e. The normalized spacial score (nSPS) is 35.0. The van der Waals surface area contributed by atoms with E-state index < -0.39 is 31.8 Å². The standard InChI is InChI=1S/C32H62O9Si/c1-21(20-35-42(11,12)29(2,3)4)28-18-27(40-32(9,10)41-28)17-26-16-25(38-31(7,8)39-26)15-24-14-23(13-22(34)19-33)36-30(5,6)37-24/h21-28,33-34H,13-20H2,1-12H3/t21-,22+,23-,24+,25-,26+,27+,28+/m0/s1. The number of aliphatic hydroxyl groups is 2. The van der Waals surface area contributed by atoms with Gasteiger partial charge in [0, 0.05) is 51.0 Å². The molecule has 0 bridgehead atoms. The molecule has 0 saturated carbocycles. The summed E-state index contributed by atoms with van der Waals surface area (Å²) in [5.41, 5.74) is 0. The fraction of sp³-hybridized carbons (Fsp3) is 1.00. The van der Waals surface area contributed by atoms with Gasteiger partial charge in [0.2, 0.25) is 0 Å². The predicted octanol–water partition coefficient (Wildman–Crippen LogP) is 5.90. The third-order valence-corrected chi connectivity index (χ3v) is 13.7. The van der Waals surface area contributed by atoms with Crippen molar-refractivity contribution in [2.75, 3.05) is 13.2 Å². The van der Waals surface area contributed by atoms with Crippen LogP contribution >= 0.6 is 0 Å². The van der Waals surface area contributed by atoms with Gasteiger partial charge in [-0.25, -0.2) is 0 Å². The van der Waals surface area contributed by atoms with Gasteiger partial charge in [-0.05, 0) is 59.7 Å². The molecule has 3 fully saturated rings. The third kappa shape index (κ3) is 10.7. The molecule has 3 rings (SSSR count). The SMILES string of the molecule is C[C@@H](CO[Si](C)(C)C(C)(C)C)[C@H]1C[C@@H](C[C@H]2C[C@H](C[C@H]3C[C@H](C[C@@H](O)CO)OC(C)(C)O3)OC(C)(C)O2)OC(C)(C)O1. The van der Waals surface area contributed by atoms with Crippen molar-refractivity contribution in [3.05, 3.63) is 0 Å². The number of rotatable bonds is 11. The van der Waals surface area contributed by atoms with Gasteiger partial charge < -0.3 is 43.1 Å². The fourth-order valence-corrected chi connectivity index (χ4v) is 7.40. The highest BCUT2D eigenvalue weighted by Crippen LogP contribution is 2.40. The van der Waals surface area contributed by atoms with Crippen LogP contribution in [0.2, 0.25) is 18.1 Å². The maximum Gasteiger partial charge on any atom is 0.191 e. The van der Waals surface area contributed by atoms with Gasteiger partial charge in [0.15, 0.2) is 25.7 Å². The molecule has 248 valence electrons. The topological polar surface area (TPSA) is 105 Å². The van der Waals surface area contributed by atoms with Crippen LogP contribution in [0.3, 0.4) is 0 Å². The summed E-state index contributed by atoms with van der Waals surface area (Å²) in [5.74, 6) is -1.94. The first-order chi connectivity index (χ1) is 19.1. The van der Waals surface area contributed by atoms with E-state index in [0.717, 1.165) is 19.3 Å². The molecule has 3 aliphatic rings. The van der Waals surface area contributed by atoms with Crippen molar-refractivity contribution in [1.29, 1.82) is 0 Å². The average Bonchev–Trinajstić information content (AvgIpc) is 2.78. The van der Waals surface area contributed by atoms with Gasteiger partial charge in [-0.2, -0.15) is 0 Å². The summed E-state index contributed by atoms with van der Waals surface area (Å²) in [7, 11) is -1.85. The lowest BCUT2D eigenvalue weighted by Crippen LogP contribution is -2.52. The lowest BCUT2D eigenvalue weighted by molar-refractivity contribution is -0.337. The maximum absolute atomic E-state index is 10.00. The second kappa shape index (κ2) is 13.7. The Balaban J connectivity index is 1.62. The van der Waals surface area contributed by atoms with Crippen LogP contribution in [0, 0.1) is 5.92 Å². The van der Waals surface area contributed by atoms with E-state index in [-0.39, 0.29) is 54.2 Å². The van der Waals surface area contributed by atoms with Gasteiger partial charge in [0.1, 0.15) is 0 Å². The molecule has 0 radical (unpaired) electrons. The molecule has 8 atom stereocenters. The molecule has 3 saturated heterocycles. The van der Waals surface area contributed by atoms with Crippen molar-refractivity contribution in [3.8, 4) is 0 Å². The molecule has 0 amide bonds. The highest BCUT2D eigenvalue weighted by molar-refractivity contribution is 6.74. The van der Waals surface area contributed by atoms with Crippen molar-refractivity contribution in [2.24, 2.45) is 5.92 Å². The summed E-state index contributed by atoms with van der Waals surface area (Å²) in [6.45, 7) is 25.8. The molecule has 42 heavy (non-hydrogen) atoms. The Morgan fingerprint density at radius 1 is 0.738 bits per heavy atom. The molecule has 0 aliphatic carbocycles. The zero-order chi connectivity index (χ0) is 31.7. The van der Waals surface area contributed by atoms with Crippen molar-refractivity contribution < 1.29 is 43.1 Å². The Kier molecular flexibility index (Phi) is 11.8. The van der Waals surface area contributed by atoms with E-state index in [1.165, 1.54) is 0 Å². The van der Waals surface area contributed by atoms with Crippen molar-refractivity contribution >= 4 is 8.32 Å². The van der Waals surface area contributed by atoms with Gasteiger partial charge in [-0.15, -0.1) is 0 Å². The third-order valence-electron chi connectivity index (χ3n) is 9.18. The van der Waals surface area contributed by atoms with E-state index in [9.17, 15) is 10.2 Å². The van der Waals surface area contributed by atoms with Crippen LogP contribution in [0.1, 0.15) is 108 Å². The van der Waals surface area contributed by atoms with Crippen LogP contribution < -0.4 is 0 Å². The Morgan fingerprint density at radius 3 is 1.60 bits per heavy atom. The molecule has 3 aliphatic heterocycles. The molecular weight excluding hydrogens is 556 g/mol. The molecule has 9 nitrogen and oxygen atoms in total. The molecule has 0 spiro atoms. The molecule has 0 aromatic carbocycles. The summed E-state index contributed by atoms with van der Waals surface area (Å²) in [4.78, 5) is 0. The van der Waals surface area contributed by atoms with Crippen LogP contribution in [0.15, 0.2) is 0 Å². The molecule has 2 N–H and O–H groups in total. The van der Waals surface area contributed by atoms with Crippen molar-refractivity contribution in [3.63, 3.8) is 0 Å². The summed E-state index contributed by atoms with van der Waals surface area (Å²) in [5, 5.41) is 19.5. The van der Waals surface area contributed by atoms with Crippen LogP contribution in [-0.4, -0.2) is 91.8 Å². The van der Waals surface area contributed by atoms with E-state index in [4.69, 9.17) is 32.8 Å². The number of hydrogen-bond acceptors (Lipinski definition) is 9. The second-order valence-corrected chi connectivity index (χ2v) is 20.7. The van der Waals surface area contributed by atoms with Crippen LogP contribution in [0.5, 0.6) is 0 Å². The largest absolute Gasteiger partial charge is 0.416 e. The monoisotopic (exact) mass is 618 g/mol. The fourth-order valence-electron chi connectivity index (χ4n) is 6.29. The van der Waals surface area contributed by atoms with Crippen LogP contribution in [0.4, 0.5) is 0 Å². The molecule has 0 aromatic rings. The first kappa shape index (κ1) is 36.3. The van der Waals surface area contributed by atoms with Crippen LogP contribution in [-0.2, 0) is 32.8 Å². The first-order valence-electron chi connectivity index (χ1n) is 16.1. The molecule has 0 aromatic heterocycles. The minimum absolute atomic E-state index is 0.00349. The highest BCUT2D eigenvalue weighted by Gasteiger charge is 2.45. The lowest BCUT2D eigenvalue weighted by Gasteiger charge is -2.47. The van der Waals surface area contributed by atoms with Gasteiger partial charge in [-0.1, -0.05) is 27.7 Å². The minimum atomic E-state index is -1.85. The average molecular weight is 619 g/mol. The first-order valence-corrected chi connectivity index (χ1v) is 19.0. The van der Waals surface area contributed by atoms with Gasteiger partial charge in [0.25, 0.3) is 0 Å². The highest BCUT2D eigenvalue weighted by atomic mass is 28.4. The van der Waals surface area contributed by atoms with Crippen molar-refractivity contribution in [1.82, 2.24) is 0 Å². The molecule has 0 unspecified atom stereocenters. The minimum Gasteiger partial charge on any atom is -0.416 e. The number of ether oxygens (including phenoxy) is 6. The van der Waals surface area contributed by atoms with E-state index in [1.54, 1.807) is 0 Å². The predicted molar refractivity (Wildman–Crippen MR) is 165 cm³/mol. The van der Waals surface area contributed by atoms with Gasteiger partial charge in [-0.3, -0.25) is 0 Å². The summed E-state index contributed by atoms with van der Waals surface area (Å²) >= 11 is 0. The lowest BCUT2D eigenvalue weighted by atomic mass is 9.91. The quantitative estimate of drug-likeness (QED) is 0.274. The Hall–Kier alpha value is -0.143. The Labute approximate surface area is 256 Å². The number of hydrogen-bond donors (Lipinski definition) is 2. The van der Waals surface area contributed by atoms with E-state index in [1.807, 2.05) is 41.5 Å². The van der Waals surface area contributed by atoms with Crippen molar-refractivity contribution in [2.45, 2.75) is 186 Å². The maximum atomic E-state index is 10.00. The Bertz CT molecular complexity index is 855. The number of aliphatic hydroxyl groups excluding tert-OH is 2. The van der Waals surface area contributed by atoms with Crippen LogP contribution in [0.25, 0.3) is 0 Å².